The van der Waals surface area contributed by atoms with Crippen LogP contribution in [0.3, 0.4) is 0 Å². The van der Waals surface area contributed by atoms with Crippen molar-refractivity contribution in [3.05, 3.63) is 10.4 Å². The zero-order valence-electron chi connectivity index (χ0n) is 16.7. The standard InChI is InChI=1S/C16H32N6O4/c1-15(2,3)25-13(23)18-7-10-22(12-9-20-21-17)11-8-19-14(24)26-16(4,5)6/h7-12H2,1-6H3,(H,18,23)(H,19,24). The largest absolute Gasteiger partial charge is 0.444 e. The van der Waals surface area contributed by atoms with E-state index in [1.807, 2.05) is 4.90 Å². The van der Waals surface area contributed by atoms with Crippen molar-refractivity contribution in [1.82, 2.24) is 15.5 Å². The van der Waals surface area contributed by atoms with Gasteiger partial charge in [0.25, 0.3) is 0 Å². The minimum Gasteiger partial charge on any atom is -0.444 e. The van der Waals surface area contributed by atoms with Crippen LogP contribution in [0.1, 0.15) is 41.5 Å². The van der Waals surface area contributed by atoms with Crippen molar-refractivity contribution in [1.29, 1.82) is 0 Å². The van der Waals surface area contributed by atoms with Crippen molar-refractivity contribution >= 4 is 12.2 Å². The van der Waals surface area contributed by atoms with Crippen LogP contribution in [0.5, 0.6) is 0 Å². The Hall–Kier alpha value is -2.19. The molecule has 0 heterocycles. The molecule has 0 saturated heterocycles. The zero-order valence-corrected chi connectivity index (χ0v) is 16.7. The number of carbonyl (C=O) groups is 2. The van der Waals surface area contributed by atoms with E-state index in [9.17, 15) is 9.59 Å². The average Bonchev–Trinajstić information content (AvgIpc) is 2.43. The van der Waals surface area contributed by atoms with E-state index in [1.54, 1.807) is 41.5 Å². The number of nitrogens with zero attached hydrogens (tertiary/aromatic N) is 4. The van der Waals surface area contributed by atoms with Crippen LogP contribution in [0.4, 0.5) is 9.59 Å². The number of ether oxygens (including phenoxy) is 2. The maximum Gasteiger partial charge on any atom is 0.407 e. The van der Waals surface area contributed by atoms with E-state index in [2.05, 4.69) is 20.7 Å². The van der Waals surface area contributed by atoms with Crippen molar-refractivity contribution in [2.45, 2.75) is 52.7 Å². The fraction of sp³-hybridized carbons (Fsp3) is 0.875. The minimum atomic E-state index is -0.553. The van der Waals surface area contributed by atoms with Gasteiger partial charge in [-0.25, -0.2) is 9.59 Å². The summed E-state index contributed by atoms with van der Waals surface area (Å²) >= 11 is 0. The number of carbonyl (C=O) groups excluding carboxylic acids is 2. The number of hydrogen-bond acceptors (Lipinski definition) is 6. The van der Waals surface area contributed by atoms with E-state index in [0.717, 1.165) is 0 Å². The van der Waals surface area contributed by atoms with E-state index < -0.39 is 23.4 Å². The molecule has 0 aromatic carbocycles. The molecule has 0 aromatic rings. The van der Waals surface area contributed by atoms with Gasteiger partial charge in [-0.2, -0.15) is 0 Å². The van der Waals surface area contributed by atoms with Crippen LogP contribution in [0.2, 0.25) is 0 Å². The minimum absolute atomic E-state index is 0.301. The maximum atomic E-state index is 11.6. The summed E-state index contributed by atoms with van der Waals surface area (Å²) in [6, 6.07) is 0. The highest BCUT2D eigenvalue weighted by Crippen LogP contribution is 2.07. The molecular formula is C16H32N6O4. The predicted octanol–water partition coefficient (Wildman–Crippen LogP) is 2.65. The molecule has 0 unspecified atom stereocenters. The monoisotopic (exact) mass is 372 g/mol. The molecule has 0 saturated carbocycles. The third kappa shape index (κ3) is 15.3. The Bertz CT molecular complexity index is 458. The first kappa shape index (κ1) is 23.8. The highest BCUT2D eigenvalue weighted by molar-refractivity contribution is 5.68. The summed E-state index contributed by atoms with van der Waals surface area (Å²) < 4.78 is 10.3. The first-order valence-electron chi connectivity index (χ1n) is 8.60. The Morgan fingerprint density at radius 3 is 1.69 bits per heavy atom. The second-order valence-electron chi connectivity index (χ2n) is 7.65. The summed E-state index contributed by atoms with van der Waals surface area (Å²) in [5, 5.41) is 8.85. The van der Waals surface area contributed by atoms with Crippen LogP contribution >= 0.6 is 0 Å². The molecule has 10 heteroatoms. The fourth-order valence-electron chi connectivity index (χ4n) is 1.83. The molecular weight excluding hydrogens is 340 g/mol. The molecule has 10 nitrogen and oxygen atoms in total. The molecule has 0 rings (SSSR count). The zero-order chi connectivity index (χ0) is 20.2. The van der Waals surface area contributed by atoms with E-state index >= 15 is 0 Å². The Morgan fingerprint density at radius 2 is 1.35 bits per heavy atom. The highest BCUT2D eigenvalue weighted by atomic mass is 16.6. The van der Waals surface area contributed by atoms with E-state index in [4.69, 9.17) is 15.0 Å². The second-order valence-corrected chi connectivity index (χ2v) is 7.65. The van der Waals surface area contributed by atoms with Gasteiger partial charge in [0, 0.05) is 44.2 Å². The molecule has 0 atom stereocenters. The van der Waals surface area contributed by atoms with Crippen LogP contribution in [-0.2, 0) is 9.47 Å². The first-order chi connectivity index (χ1) is 11.9. The lowest BCUT2D eigenvalue weighted by Crippen LogP contribution is -2.42. The van der Waals surface area contributed by atoms with Crippen molar-refractivity contribution < 1.29 is 19.1 Å². The first-order valence-corrected chi connectivity index (χ1v) is 8.60. The van der Waals surface area contributed by atoms with E-state index in [0.29, 0.717) is 39.3 Å². The van der Waals surface area contributed by atoms with Crippen LogP contribution in [0.25, 0.3) is 10.4 Å². The van der Waals surface area contributed by atoms with Gasteiger partial charge in [-0.05, 0) is 47.1 Å². The number of rotatable bonds is 9. The van der Waals surface area contributed by atoms with Crippen LogP contribution in [0.15, 0.2) is 5.11 Å². The van der Waals surface area contributed by atoms with Crippen LogP contribution < -0.4 is 10.6 Å². The van der Waals surface area contributed by atoms with Gasteiger partial charge >= 0.3 is 12.2 Å². The topological polar surface area (TPSA) is 129 Å². The maximum absolute atomic E-state index is 11.6. The lowest BCUT2D eigenvalue weighted by Gasteiger charge is -2.24. The number of azide groups is 1. The van der Waals surface area contributed by atoms with Gasteiger partial charge in [-0.1, -0.05) is 5.11 Å². The molecule has 26 heavy (non-hydrogen) atoms. The van der Waals surface area contributed by atoms with Crippen molar-refractivity contribution in [2.75, 3.05) is 39.3 Å². The molecule has 2 N–H and O–H groups in total. The molecule has 2 amide bonds. The van der Waals surface area contributed by atoms with Crippen molar-refractivity contribution in [3.8, 4) is 0 Å². The van der Waals surface area contributed by atoms with Crippen LogP contribution in [0, 0.1) is 0 Å². The Balaban J connectivity index is 4.29. The number of amides is 2. The summed E-state index contributed by atoms with van der Waals surface area (Å²) in [6.07, 6.45) is -0.973. The Morgan fingerprint density at radius 1 is 0.923 bits per heavy atom. The molecule has 0 bridgehead atoms. The molecule has 0 aliphatic carbocycles. The third-order valence-corrected chi connectivity index (χ3v) is 2.77. The van der Waals surface area contributed by atoms with E-state index in [-0.39, 0.29) is 0 Å². The van der Waals surface area contributed by atoms with Crippen molar-refractivity contribution in [2.24, 2.45) is 5.11 Å². The van der Waals surface area contributed by atoms with Gasteiger partial charge in [0.1, 0.15) is 11.2 Å². The molecule has 0 radical (unpaired) electrons. The van der Waals surface area contributed by atoms with Gasteiger partial charge in [0.2, 0.25) is 0 Å². The highest BCUT2D eigenvalue weighted by Gasteiger charge is 2.17. The SMILES string of the molecule is CC(C)(C)OC(=O)NCCN(CCN=[N+]=[N-])CCNC(=O)OC(C)(C)C. The van der Waals surface area contributed by atoms with Gasteiger partial charge in [-0.15, -0.1) is 0 Å². The lowest BCUT2D eigenvalue weighted by molar-refractivity contribution is 0.0520. The molecule has 0 aliphatic rings. The Kier molecular flexibility index (Phi) is 10.5. The average molecular weight is 372 g/mol. The number of alkyl carbamates (subject to hydrolysis) is 2. The molecule has 150 valence electrons. The van der Waals surface area contributed by atoms with Gasteiger partial charge < -0.3 is 20.1 Å². The van der Waals surface area contributed by atoms with Gasteiger partial charge in [0.05, 0.1) is 0 Å². The summed E-state index contributed by atoms with van der Waals surface area (Å²) in [6.45, 7) is 13.4. The normalized spacial score (nSPS) is 11.5. The van der Waals surface area contributed by atoms with Crippen LogP contribution in [-0.4, -0.2) is 67.6 Å². The summed E-state index contributed by atoms with van der Waals surface area (Å²) in [7, 11) is 0. The number of hydrogen-bond donors (Lipinski definition) is 2. The van der Waals surface area contributed by atoms with Gasteiger partial charge in [0.15, 0.2) is 0 Å². The summed E-state index contributed by atoms with van der Waals surface area (Å²) in [5.41, 5.74) is 7.28. The smallest absolute Gasteiger partial charge is 0.407 e. The fourth-order valence-corrected chi connectivity index (χ4v) is 1.83. The molecule has 0 fully saturated rings. The predicted molar refractivity (Wildman–Crippen MR) is 98.9 cm³/mol. The summed E-state index contributed by atoms with van der Waals surface area (Å²) in [4.78, 5) is 28.0. The molecule has 0 spiro atoms. The lowest BCUT2D eigenvalue weighted by atomic mass is 10.2. The van der Waals surface area contributed by atoms with Gasteiger partial charge in [-0.3, -0.25) is 4.90 Å². The summed E-state index contributed by atoms with van der Waals surface area (Å²) in [5.74, 6) is 0. The van der Waals surface area contributed by atoms with E-state index in [1.165, 1.54) is 0 Å². The quantitative estimate of drug-likeness (QED) is 0.365. The van der Waals surface area contributed by atoms with Crippen molar-refractivity contribution in [3.63, 3.8) is 0 Å². The Labute approximate surface area is 155 Å². The molecule has 0 aromatic heterocycles. The molecule has 0 aliphatic heterocycles. The third-order valence-electron chi connectivity index (χ3n) is 2.77. The number of nitrogens with one attached hydrogen (secondary N) is 2. The second kappa shape index (κ2) is 11.4.